The number of rotatable bonds is 7. The lowest BCUT2D eigenvalue weighted by atomic mass is 9.79. The molecular weight excluding hydrogens is 386 g/mol. The fourth-order valence-electron chi connectivity index (χ4n) is 4.22. The molecule has 3 aliphatic heterocycles. The van der Waals surface area contributed by atoms with Crippen LogP contribution in [0.1, 0.15) is 27.2 Å². The molecule has 0 radical (unpaired) electrons. The molecule has 156 valence electrons. The minimum Gasteiger partial charge on any atom is -0.477 e. The molecule has 10 heteroatoms. The smallest absolute Gasteiger partial charge is 0.353 e. The van der Waals surface area contributed by atoms with Crippen molar-refractivity contribution >= 4 is 29.5 Å². The quantitative estimate of drug-likeness (QED) is 0.339. The summed E-state index contributed by atoms with van der Waals surface area (Å²) in [6.07, 6.45) is -0.925. The third-order valence-corrected chi connectivity index (χ3v) is 7.09. The molecule has 0 aromatic heterocycles. The molecular formula is C18H27N3O6S. The first-order valence-corrected chi connectivity index (χ1v) is 10.4. The van der Waals surface area contributed by atoms with Crippen LogP contribution in [0.2, 0.25) is 0 Å². The monoisotopic (exact) mass is 413 g/mol. The van der Waals surface area contributed by atoms with Crippen LogP contribution in [0.3, 0.4) is 0 Å². The van der Waals surface area contributed by atoms with Crippen molar-refractivity contribution in [3.05, 3.63) is 10.6 Å². The lowest BCUT2D eigenvalue weighted by molar-refractivity contribution is -0.163. The molecule has 28 heavy (non-hydrogen) atoms. The molecule has 2 amide bonds. The summed E-state index contributed by atoms with van der Waals surface area (Å²) in [5, 5.41) is 34.6. The van der Waals surface area contributed by atoms with E-state index in [4.69, 9.17) is 0 Å². The van der Waals surface area contributed by atoms with Crippen molar-refractivity contribution in [3.8, 4) is 0 Å². The number of hydrogen-bond acceptors (Lipinski definition) is 7. The fourth-order valence-corrected chi connectivity index (χ4v) is 5.70. The van der Waals surface area contributed by atoms with E-state index < -0.39 is 30.1 Å². The number of carboxylic acids is 1. The number of aliphatic hydroxyl groups excluding tert-OH is 2. The van der Waals surface area contributed by atoms with Gasteiger partial charge < -0.3 is 30.9 Å². The molecule has 0 spiro atoms. The van der Waals surface area contributed by atoms with E-state index in [1.807, 2.05) is 6.92 Å². The Morgan fingerprint density at radius 1 is 1.36 bits per heavy atom. The zero-order valence-corrected chi connectivity index (χ0v) is 16.9. The highest BCUT2D eigenvalue weighted by Crippen LogP contribution is 2.51. The van der Waals surface area contributed by atoms with E-state index in [1.165, 1.54) is 16.7 Å². The van der Waals surface area contributed by atoms with Gasteiger partial charge in [-0.3, -0.25) is 9.59 Å². The lowest BCUT2D eigenvalue weighted by Crippen LogP contribution is -2.63. The van der Waals surface area contributed by atoms with Crippen molar-refractivity contribution in [1.29, 1.82) is 0 Å². The zero-order valence-electron chi connectivity index (χ0n) is 16.1. The Morgan fingerprint density at radius 2 is 2.04 bits per heavy atom. The van der Waals surface area contributed by atoms with Crippen LogP contribution in [-0.2, 0) is 14.4 Å². The van der Waals surface area contributed by atoms with E-state index in [1.54, 1.807) is 13.8 Å². The van der Waals surface area contributed by atoms with Gasteiger partial charge in [0.05, 0.1) is 30.2 Å². The molecule has 5 N–H and O–H groups in total. The van der Waals surface area contributed by atoms with E-state index in [-0.39, 0.29) is 41.3 Å². The van der Waals surface area contributed by atoms with Crippen LogP contribution < -0.4 is 10.6 Å². The Hall–Kier alpha value is -1.62. The number of nitrogens with one attached hydrogen (secondary N) is 2. The van der Waals surface area contributed by atoms with E-state index in [0.29, 0.717) is 17.9 Å². The average molecular weight is 413 g/mol. The highest BCUT2D eigenvalue weighted by molar-refractivity contribution is 8.03. The van der Waals surface area contributed by atoms with Gasteiger partial charge in [-0.15, -0.1) is 11.8 Å². The molecule has 3 heterocycles. The van der Waals surface area contributed by atoms with Crippen LogP contribution in [0.25, 0.3) is 0 Å². The normalized spacial score (nSPS) is 34.1. The minimum absolute atomic E-state index is 0.00593. The van der Waals surface area contributed by atoms with Gasteiger partial charge in [0.25, 0.3) is 0 Å². The lowest BCUT2D eigenvalue weighted by Gasteiger charge is -2.46. The Balaban J connectivity index is 1.69. The zero-order chi connectivity index (χ0) is 20.7. The predicted octanol–water partition coefficient (Wildman–Crippen LogP) is -0.899. The number of aliphatic hydroxyl groups is 2. The number of nitrogens with zero attached hydrogens (tertiary/aromatic N) is 1. The van der Waals surface area contributed by atoms with Crippen LogP contribution in [-0.4, -0.2) is 80.6 Å². The molecule has 2 saturated heterocycles. The second kappa shape index (κ2) is 8.02. The summed E-state index contributed by atoms with van der Waals surface area (Å²) in [5.41, 5.74) is 0.00593. The van der Waals surface area contributed by atoms with Crippen LogP contribution in [0.15, 0.2) is 10.6 Å². The van der Waals surface area contributed by atoms with Crippen molar-refractivity contribution in [2.45, 2.75) is 56.7 Å². The maximum Gasteiger partial charge on any atom is 0.353 e. The van der Waals surface area contributed by atoms with Gasteiger partial charge in [-0.1, -0.05) is 6.92 Å². The number of hydrogen-bond donors (Lipinski definition) is 5. The third kappa shape index (κ3) is 3.66. The fraction of sp³-hybridized carbons (Fsp3) is 0.722. The van der Waals surface area contributed by atoms with Gasteiger partial charge >= 0.3 is 5.97 Å². The Kier molecular flexibility index (Phi) is 6.04. The van der Waals surface area contributed by atoms with Gasteiger partial charge in [-0.25, -0.2) is 4.79 Å². The molecule has 0 unspecified atom stereocenters. The summed E-state index contributed by atoms with van der Waals surface area (Å²) in [7, 11) is 0. The van der Waals surface area contributed by atoms with Gasteiger partial charge in [0, 0.05) is 29.2 Å². The average Bonchev–Trinajstić information content (AvgIpc) is 3.15. The highest BCUT2D eigenvalue weighted by Gasteiger charge is 2.60. The Labute approximate surface area is 167 Å². The summed E-state index contributed by atoms with van der Waals surface area (Å²) < 4.78 is 0. The Morgan fingerprint density at radius 3 is 2.61 bits per heavy atom. The molecule has 3 rings (SSSR count). The van der Waals surface area contributed by atoms with Crippen molar-refractivity contribution in [2.75, 3.05) is 13.1 Å². The molecule has 0 bridgehead atoms. The number of carbonyl (C=O) groups is 3. The number of thioether (sulfide) groups is 1. The second-order valence-electron chi connectivity index (χ2n) is 7.80. The summed E-state index contributed by atoms with van der Waals surface area (Å²) in [5.74, 6) is -2.45. The SMILES string of the molecule is C[C@H](O)CNC(=O)[C@@H]1C[C@H](SC2=C(C(=O)O)N3C(=O)[C@H]([C@@H](C)O)[C@H]3[C@H]2C)CN1. The first-order valence-electron chi connectivity index (χ1n) is 9.47. The maximum absolute atomic E-state index is 12.4. The van der Waals surface area contributed by atoms with Gasteiger partial charge in [-0.2, -0.15) is 0 Å². The van der Waals surface area contributed by atoms with Gasteiger partial charge in [0.15, 0.2) is 0 Å². The number of carbonyl (C=O) groups excluding carboxylic acids is 2. The molecule has 0 aromatic rings. The second-order valence-corrected chi connectivity index (χ2v) is 9.14. The molecule has 2 fully saturated rings. The van der Waals surface area contributed by atoms with Crippen molar-refractivity contribution in [1.82, 2.24) is 15.5 Å². The van der Waals surface area contributed by atoms with Crippen molar-refractivity contribution in [3.63, 3.8) is 0 Å². The standard InChI is InChI=1S/C18H27N3O6S/c1-7(22)5-20-16(24)11-4-10(6-19-11)28-15-8(2)13-12(9(3)23)17(25)21(13)14(15)18(26)27/h7-13,19,22-23H,4-6H2,1-3H3,(H,20,24)(H,26,27)/t7-,8+,9+,10-,11-,12+,13+/m0/s1. The summed E-state index contributed by atoms with van der Waals surface area (Å²) >= 11 is 1.40. The maximum atomic E-state index is 12.4. The highest BCUT2D eigenvalue weighted by atomic mass is 32.2. The minimum atomic E-state index is -1.15. The van der Waals surface area contributed by atoms with Gasteiger partial charge in [-0.05, 0) is 20.3 Å². The van der Waals surface area contributed by atoms with Crippen LogP contribution in [0, 0.1) is 11.8 Å². The number of carboxylic acid groups (broad SMARTS) is 1. The van der Waals surface area contributed by atoms with E-state index in [0.717, 1.165) is 0 Å². The van der Waals surface area contributed by atoms with Crippen LogP contribution in [0.5, 0.6) is 0 Å². The summed E-state index contributed by atoms with van der Waals surface area (Å²) in [6.45, 7) is 5.75. The van der Waals surface area contributed by atoms with Gasteiger partial charge in [0.1, 0.15) is 5.70 Å². The number of fused-ring (bicyclic) bond motifs is 1. The van der Waals surface area contributed by atoms with Crippen molar-refractivity contribution in [2.24, 2.45) is 11.8 Å². The van der Waals surface area contributed by atoms with E-state index in [2.05, 4.69) is 10.6 Å². The summed E-state index contributed by atoms with van der Waals surface area (Å²) in [6, 6.07) is -0.730. The Bertz CT molecular complexity index is 709. The van der Waals surface area contributed by atoms with E-state index in [9.17, 15) is 29.7 Å². The van der Waals surface area contributed by atoms with Gasteiger partial charge in [0.2, 0.25) is 11.8 Å². The molecule has 0 aliphatic carbocycles. The van der Waals surface area contributed by atoms with Crippen molar-refractivity contribution < 1.29 is 29.7 Å². The van der Waals surface area contributed by atoms with E-state index >= 15 is 0 Å². The third-order valence-electron chi connectivity index (χ3n) is 5.58. The largest absolute Gasteiger partial charge is 0.477 e. The molecule has 3 aliphatic rings. The molecule has 7 atom stereocenters. The topological polar surface area (TPSA) is 139 Å². The first-order chi connectivity index (χ1) is 13.1. The number of β-lactam (4-membered cyclic amide) rings is 1. The summed E-state index contributed by atoms with van der Waals surface area (Å²) in [4.78, 5) is 38.3. The molecule has 9 nitrogen and oxygen atoms in total. The van der Waals surface area contributed by atoms with Crippen LogP contribution in [0.4, 0.5) is 0 Å². The molecule has 0 aromatic carbocycles. The van der Waals surface area contributed by atoms with Crippen LogP contribution >= 0.6 is 11.8 Å². The molecule has 0 saturated carbocycles. The predicted molar refractivity (Wildman–Crippen MR) is 102 cm³/mol. The first kappa shape index (κ1) is 21.1. The number of aliphatic carboxylic acids is 1. The number of amides is 2.